The van der Waals surface area contributed by atoms with Gasteiger partial charge in [0.05, 0.1) is 12.9 Å². The highest BCUT2D eigenvalue weighted by Crippen LogP contribution is 2.37. The van der Waals surface area contributed by atoms with Gasteiger partial charge in [-0.15, -0.1) is 0 Å². The van der Waals surface area contributed by atoms with Gasteiger partial charge in [-0.05, 0) is 21.5 Å². The summed E-state index contributed by atoms with van der Waals surface area (Å²) in [6.45, 7) is 7.33. The summed E-state index contributed by atoms with van der Waals surface area (Å²) in [5, 5.41) is 2.52. The number of benzene rings is 2. The molecule has 0 saturated carbocycles. The zero-order valence-electron chi connectivity index (χ0n) is 16.0. The minimum Gasteiger partial charge on any atom is -0.493 e. The van der Waals surface area contributed by atoms with Crippen LogP contribution in [0.4, 0.5) is 0 Å². The summed E-state index contributed by atoms with van der Waals surface area (Å²) < 4.78 is 18.1. The van der Waals surface area contributed by atoms with Crippen molar-refractivity contribution < 1.29 is 13.9 Å². The summed E-state index contributed by atoms with van der Waals surface area (Å²) in [5.41, 5.74) is 0. The quantitative estimate of drug-likeness (QED) is 0.731. The van der Waals surface area contributed by atoms with Crippen LogP contribution in [0.1, 0.15) is 20.8 Å². The van der Waals surface area contributed by atoms with Crippen LogP contribution in [0.25, 0.3) is 0 Å². The molecule has 4 heteroatoms. The second-order valence-electron chi connectivity index (χ2n) is 7.68. The molecule has 2 aromatic carbocycles. The molecule has 0 aromatic heterocycles. The van der Waals surface area contributed by atoms with E-state index in [1.54, 1.807) is 13.4 Å². The van der Waals surface area contributed by atoms with Gasteiger partial charge in [0.15, 0.2) is 0 Å². The molecule has 3 nitrogen and oxygen atoms in total. The molecule has 0 bridgehead atoms. The Kier molecular flexibility index (Phi) is 5.66. The first-order chi connectivity index (χ1) is 12.5. The van der Waals surface area contributed by atoms with Crippen molar-refractivity contribution in [2.75, 3.05) is 13.7 Å². The van der Waals surface area contributed by atoms with Crippen LogP contribution < -0.4 is 10.4 Å². The van der Waals surface area contributed by atoms with Crippen molar-refractivity contribution in [1.82, 2.24) is 0 Å². The Hall–Kier alpha value is -1.88. The second kappa shape index (κ2) is 7.78. The number of rotatable bonds is 6. The number of methoxy groups -OCH3 is 1. The minimum atomic E-state index is -2.52. The van der Waals surface area contributed by atoms with Crippen molar-refractivity contribution in [3.63, 3.8) is 0 Å². The highest BCUT2D eigenvalue weighted by Gasteiger charge is 2.50. The summed E-state index contributed by atoms with van der Waals surface area (Å²) >= 11 is 0. The van der Waals surface area contributed by atoms with Crippen molar-refractivity contribution in [1.29, 1.82) is 0 Å². The lowest BCUT2D eigenvalue weighted by atomic mass is 10.2. The number of ether oxygens (including phenoxy) is 2. The Morgan fingerprint density at radius 3 is 1.92 bits per heavy atom. The van der Waals surface area contributed by atoms with E-state index in [0.29, 0.717) is 6.61 Å². The fourth-order valence-corrected chi connectivity index (χ4v) is 8.33. The van der Waals surface area contributed by atoms with Gasteiger partial charge < -0.3 is 13.9 Å². The van der Waals surface area contributed by atoms with E-state index in [4.69, 9.17) is 13.9 Å². The van der Waals surface area contributed by atoms with E-state index in [-0.39, 0.29) is 17.2 Å². The highest BCUT2D eigenvalue weighted by molar-refractivity contribution is 6.99. The molecule has 0 spiro atoms. The second-order valence-corrected chi connectivity index (χ2v) is 12.0. The minimum absolute atomic E-state index is 0.0374. The largest absolute Gasteiger partial charge is 0.493 e. The molecule has 1 aliphatic rings. The fraction of sp³-hybridized carbons (Fsp3) is 0.364. The first-order valence-corrected chi connectivity index (χ1v) is 11.0. The normalized spacial score (nSPS) is 20.2. The first-order valence-electron chi connectivity index (χ1n) is 9.09. The third kappa shape index (κ3) is 3.50. The molecule has 3 rings (SSSR count). The van der Waals surface area contributed by atoms with Crippen LogP contribution in [0.5, 0.6) is 0 Å². The van der Waals surface area contributed by atoms with Crippen LogP contribution in [-0.2, 0) is 13.9 Å². The Morgan fingerprint density at radius 2 is 1.46 bits per heavy atom. The molecule has 0 amide bonds. The van der Waals surface area contributed by atoms with Gasteiger partial charge in [-0.1, -0.05) is 81.4 Å². The van der Waals surface area contributed by atoms with E-state index in [1.807, 2.05) is 6.08 Å². The van der Waals surface area contributed by atoms with Crippen molar-refractivity contribution in [3.8, 4) is 0 Å². The van der Waals surface area contributed by atoms with Crippen LogP contribution in [-0.4, -0.2) is 34.2 Å². The number of hydrogen-bond donors (Lipinski definition) is 0. The van der Waals surface area contributed by atoms with Crippen LogP contribution in [0.3, 0.4) is 0 Å². The van der Waals surface area contributed by atoms with E-state index >= 15 is 0 Å². The number of hydrogen-bond acceptors (Lipinski definition) is 3. The average molecular weight is 369 g/mol. The molecule has 1 heterocycles. The summed E-state index contributed by atoms with van der Waals surface area (Å²) in [6, 6.07) is 21.3. The van der Waals surface area contributed by atoms with E-state index in [9.17, 15) is 0 Å². The van der Waals surface area contributed by atoms with Gasteiger partial charge in [-0.25, -0.2) is 0 Å². The van der Waals surface area contributed by atoms with Crippen molar-refractivity contribution in [3.05, 3.63) is 73.0 Å². The molecule has 1 aliphatic heterocycles. The van der Waals surface area contributed by atoms with Crippen LogP contribution in [0.15, 0.2) is 73.0 Å². The van der Waals surface area contributed by atoms with Gasteiger partial charge in [0.2, 0.25) is 0 Å². The molecule has 138 valence electrons. The molecule has 2 aromatic rings. The third-order valence-corrected chi connectivity index (χ3v) is 10.0. The standard InChI is InChI=1S/C22H28O3Si/c1-22(2,3)26(18-11-7-5-8-12-18,19-13-9-6-10-14-19)25-17-21-20(23-4)15-16-24-21/h5-16,20-21H,17H2,1-4H3/t20-,21-/m1/s1. The summed E-state index contributed by atoms with van der Waals surface area (Å²) in [7, 11) is -0.815. The monoisotopic (exact) mass is 368 g/mol. The highest BCUT2D eigenvalue weighted by atomic mass is 28.4. The lowest BCUT2D eigenvalue weighted by molar-refractivity contribution is 0.00376. The molecule has 0 saturated heterocycles. The maximum Gasteiger partial charge on any atom is 0.261 e. The first kappa shape index (κ1) is 18.9. The van der Waals surface area contributed by atoms with E-state index in [2.05, 4.69) is 81.4 Å². The molecule has 0 fully saturated rings. The van der Waals surface area contributed by atoms with Gasteiger partial charge in [0, 0.05) is 7.11 Å². The van der Waals surface area contributed by atoms with E-state index in [1.165, 1.54) is 10.4 Å². The van der Waals surface area contributed by atoms with Crippen molar-refractivity contribution >= 4 is 18.7 Å². The molecule has 0 unspecified atom stereocenters. The predicted molar refractivity (Wildman–Crippen MR) is 108 cm³/mol. The van der Waals surface area contributed by atoms with E-state index < -0.39 is 8.32 Å². The van der Waals surface area contributed by atoms with Gasteiger partial charge in [-0.2, -0.15) is 0 Å². The third-order valence-electron chi connectivity index (χ3n) is 5.04. The SMILES string of the molecule is CO[C@@H]1C=CO[C@@H]1CO[Si](c1ccccc1)(c1ccccc1)C(C)(C)C. The average Bonchev–Trinajstić information content (AvgIpc) is 3.10. The molecule has 0 aliphatic carbocycles. The fourth-order valence-electron chi connectivity index (χ4n) is 3.76. The molecular formula is C22H28O3Si. The smallest absolute Gasteiger partial charge is 0.261 e. The zero-order valence-corrected chi connectivity index (χ0v) is 17.0. The van der Waals surface area contributed by atoms with E-state index in [0.717, 1.165) is 0 Å². The van der Waals surface area contributed by atoms with Crippen molar-refractivity contribution in [2.45, 2.75) is 38.0 Å². The molecule has 26 heavy (non-hydrogen) atoms. The van der Waals surface area contributed by atoms with Gasteiger partial charge in [0.1, 0.15) is 12.2 Å². The summed E-state index contributed by atoms with van der Waals surface area (Å²) in [5.74, 6) is 0. The Balaban J connectivity index is 2.03. The van der Waals surface area contributed by atoms with Crippen molar-refractivity contribution in [2.24, 2.45) is 0 Å². The predicted octanol–water partition coefficient (Wildman–Crippen LogP) is 3.49. The van der Waals surface area contributed by atoms with Gasteiger partial charge >= 0.3 is 0 Å². The molecule has 0 N–H and O–H groups in total. The lowest BCUT2D eigenvalue weighted by Gasteiger charge is -2.43. The summed E-state index contributed by atoms with van der Waals surface area (Å²) in [6.07, 6.45) is 3.49. The molecule has 0 radical (unpaired) electrons. The van der Waals surface area contributed by atoms with Crippen LogP contribution in [0, 0.1) is 0 Å². The van der Waals surface area contributed by atoms with Crippen LogP contribution >= 0.6 is 0 Å². The Morgan fingerprint density at radius 1 is 0.923 bits per heavy atom. The summed E-state index contributed by atoms with van der Waals surface area (Å²) in [4.78, 5) is 0. The lowest BCUT2D eigenvalue weighted by Crippen LogP contribution is -2.67. The van der Waals surface area contributed by atoms with Gasteiger partial charge in [0.25, 0.3) is 8.32 Å². The Labute approximate surface area is 157 Å². The topological polar surface area (TPSA) is 27.7 Å². The van der Waals surface area contributed by atoms with Crippen LogP contribution in [0.2, 0.25) is 5.04 Å². The Bertz CT molecular complexity index is 683. The maximum atomic E-state index is 6.88. The zero-order chi connectivity index (χ0) is 18.6. The maximum absolute atomic E-state index is 6.88. The molecular weight excluding hydrogens is 340 g/mol. The van der Waals surface area contributed by atoms with Gasteiger partial charge in [-0.3, -0.25) is 0 Å². The molecule has 2 atom stereocenters.